The molecule has 0 amide bonds. The highest BCUT2D eigenvalue weighted by Crippen LogP contribution is 2.21. The zero-order valence-corrected chi connectivity index (χ0v) is 13.3. The fraction of sp³-hybridized carbons (Fsp3) is 0.421. The molecular formula is C19H26N2. The van der Waals surface area contributed by atoms with Crippen molar-refractivity contribution in [2.24, 2.45) is 5.92 Å². The first-order valence-corrected chi connectivity index (χ1v) is 7.82. The van der Waals surface area contributed by atoms with E-state index in [1.165, 1.54) is 16.7 Å². The van der Waals surface area contributed by atoms with Crippen molar-refractivity contribution < 1.29 is 0 Å². The molecule has 0 saturated heterocycles. The van der Waals surface area contributed by atoms with E-state index < -0.39 is 0 Å². The summed E-state index contributed by atoms with van der Waals surface area (Å²) in [7, 11) is 0. The summed E-state index contributed by atoms with van der Waals surface area (Å²) in [6, 6.07) is 12.9. The van der Waals surface area contributed by atoms with Crippen molar-refractivity contribution in [1.82, 2.24) is 10.3 Å². The largest absolute Gasteiger partial charge is 0.316 e. The quantitative estimate of drug-likeness (QED) is 0.831. The highest BCUT2D eigenvalue weighted by Gasteiger charge is 2.13. The Labute approximate surface area is 128 Å². The second-order valence-corrected chi connectivity index (χ2v) is 6.17. The Morgan fingerprint density at radius 3 is 2.48 bits per heavy atom. The van der Waals surface area contributed by atoms with Gasteiger partial charge in [0.1, 0.15) is 0 Å². The van der Waals surface area contributed by atoms with E-state index in [0.717, 1.165) is 19.5 Å². The molecular weight excluding hydrogens is 256 g/mol. The molecule has 0 saturated carbocycles. The number of rotatable bonds is 7. The van der Waals surface area contributed by atoms with Crippen LogP contribution in [0.3, 0.4) is 0 Å². The third kappa shape index (κ3) is 4.98. The summed E-state index contributed by atoms with van der Waals surface area (Å²) in [6.45, 7) is 8.73. The van der Waals surface area contributed by atoms with Gasteiger partial charge in [-0.25, -0.2) is 0 Å². The maximum absolute atomic E-state index is 4.28. The van der Waals surface area contributed by atoms with Gasteiger partial charge in [0.05, 0.1) is 0 Å². The van der Waals surface area contributed by atoms with E-state index in [0.29, 0.717) is 11.8 Å². The second kappa shape index (κ2) is 7.94. The van der Waals surface area contributed by atoms with Crippen LogP contribution in [0.2, 0.25) is 0 Å². The van der Waals surface area contributed by atoms with Gasteiger partial charge in [-0.05, 0) is 48.6 Å². The molecule has 2 aromatic rings. The summed E-state index contributed by atoms with van der Waals surface area (Å²) < 4.78 is 0. The van der Waals surface area contributed by atoms with E-state index in [2.05, 4.69) is 67.5 Å². The van der Waals surface area contributed by atoms with Gasteiger partial charge >= 0.3 is 0 Å². The van der Waals surface area contributed by atoms with Crippen LogP contribution in [0.15, 0.2) is 48.8 Å². The number of aromatic nitrogens is 1. The molecule has 0 bridgehead atoms. The Hall–Kier alpha value is -1.67. The van der Waals surface area contributed by atoms with Gasteiger partial charge in [-0.3, -0.25) is 4.98 Å². The summed E-state index contributed by atoms with van der Waals surface area (Å²) >= 11 is 0. The topological polar surface area (TPSA) is 24.9 Å². The first-order chi connectivity index (χ1) is 10.2. The predicted molar refractivity (Wildman–Crippen MR) is 89.6 cm³/mol. The van der Waals surface area contributed by atoms with E-state index in [1.807, 2.05) is 12.4 Å². The van der Waals surface area contributed by atoms with Gasteiger partial charge < -0.3 is 5.32 Å². The lowest BCUT2D eigenvalue weighted by atomic mass is 9.91. The highest BCUT2D eigenvalue weighted by atomic mass is 14.9. The number of nitrogens with zero attached hydrogens (tertiary/aromatic N) is 1. The fourth-order valence-corrected chi connectivity index (χ4v) is 2.56. The average Bonchev–Trinajstić information content (AvgIpc) is 2.49. The zero-order chi connectivity index (χ0) is 15.1. The molecule has 1 heterocycles. The molecule has 2 rings (SSSR count). The Morgan fingerprint density at radius 2 is 1.81 bits per heavy atom. The van der Waals surface area contributed by atoms with Gasteiger partial charge in [0.25, 0.3) is 0 Å². The summed E-state index contributed by atoms with van der Waals surface area (Å²) in [4.78, 5) is 4.28. The first-order valence-electron chi connectivity index (χ1n) is 7.82. The summed E-state index contributed by atoms with van der Waals surface area (Å²) in [6.07, 6.45) is 4.91. The molecule has 2 nitrogen and oxygen atoms in total. The van der Waals surface area contributed by atoms with Crippen LogP contribution in [0.4, 0.5) is 0 Å². The maximum Gasteiger partial charge on any atom is 0.0302 e. The fourth-order valence-electron chi connectivity index (χ4n) is 2.56. The van der Waals surface area contributed by atoms with E-state index in [-0.39, 0.29) is 0 Å². The molecule has 0 aliphatic heterocycles. The molecule has 1 atom stereocenters. The van der Waals surface area contributed by atoms with Crippen molar-refractivity contribution in [2.75, 3.05) is 13.1 Å². The lowest BCUT2D eigenvalue weighted by molar-refractivity contribution is 0.513. The smallest absolute Gasteiger partial charge is 0.0302 e. The molecule has 1 N–H and O–H groups in total. The third-order valence-corrected chi connectivity index (χ3v) is 3.83. The first kappa shape index (κ1) is 15.7. The molecule has 112 valence electrons. The minimum atomic E-state index is 0.493. The number of pyridine rings is 1. The van der Waals surface area contributed by atoms with Crippen LogP contribution in [0.5, 0.6) is 0 Å². The summed E-state index contributed by atoms with van der Waals surface area (Å²) in [5.41, 5.74) is 4.07. The molecule has 1 aromatic carbocycles. The Bertz CT molecular complexity index is 534. The molecule has 21 heavy (non-hydrogen) atoms. The Kier molecular flexibility index (Phi) is 5.94. The molecule has 1 aromatic heterocycles. The zero-order valence-electron chi connectivity index (χ0n) is 13.3. The number of nitrogens with one attached hydrogen (secondary N) is 1. The SMILES string of the molecule is Cc1ccncc1CC(CNCC(C)C)c1ccccc1. The lowest BCUT2D eigenvalue weighted by Gasteiger charge is -2.20. The molecule has 0 radical (unpaired) electrons. The van der Waals surface area contributed by atoms with Crippen molar-refractivity contribution in [2.45, 2.75) is 33.1 Å². The van der Waals surface area contributed by atoms with Crippen molar-refractivity contribution in [3.63, 3.8) is 0 Å². The predicted octanol–water partition coefficient (Wildman–Crippen LogP) is 3.96. The number of benzene rings is 1. The Morgan fingerprint density at radius 1 is 1.05 bits per heavy atom. The van der Waals surface area contributed by atoms with Crippen LogP contribution >= 0.6 is 0 Å². The van der Waals surface area contributed by atoms with E-state index in [1.54, 1.807) is 0 Å². The van der Waals surface area contributed by atoms with Crippen molar-refractivity contribution in [3.05, 3.63) is 65.5 Å². The molecule has 0 aliphatic carbocycles. The van der Waals surface area contributed by atoms with Crippen LogP contribution in [0.1, 0.15) is 36.5 Å². The van der Waals surface area contributed by atoms with Crippen molar-refractivity contribution in [1.29, 1.82) is 0 Å². The van der Waals surface area contributed by atoms with Gasteiger partial charge in [-0.15, -0.1) is 0 Å². The maximum atomic E-state index is 4.28. The number of hydrogen-bond donors (Lipinski definition) is 1. The van der Waals surface area contributed by atoms with Gasteiger partial charge in [-0.2, -0.15) is 0 Å². The molecule has 0 aliphatic rings. The second-order valence-electron chi connectivity index (χ2n) is 6.17. The monoisotopic (exact) mass is 282 g/mol. The van der Waals surface area contributed by atoms with E-state index >= 15 is 0 Å². The van der Waals surface area contributed by atoms with Crippen LogP contribution in [0, 0.1) is 12.8 Å². The van der Waals surface area contributed by atoms with Gasteiger partial charge in [-0.1, -0.05) is 44.2 Å². The summed E-state index contributed by atoms with van der Waals surface area (Å²) in [5, 5.41) is 3.60. The lowest BCUT2D eigenvalue weighted by Crippen LogP contribution is -2.26. The average molecular weight is 282 g/mol. The minimum Gasteiger partial charge on any atom is -0.316 e. The molecule has 2 heteroatoms. The van der Waals surface area contributed by atoms with Crippen molar-refractivity contribution >= 4 is 0 Å². The Balaban J connectivity index is 2.10. The minimum absolute atomic E-state index is 0.493. The normalized spacial score (nSPS) is 12.6. The third-order valence-electron chi connectivity index (χ3n) is 3.83. The summed E-state index contributed by atoms with van der Waals surface area (Å²) in [5.74, 6) is 1.18. The van der Waals surface area contributed by atoms with E-state index in [9.17, 15) is 0 Å². The van der Waals surface area contributed by atoms with Gasteiger partial charge in [0, 0.05) is 24.9 Å². The number of hydrogen-bond acceptors (Lipinski definition) is 2. The molecule has 0 fully saturated rings. The van der Waals surface area contributed by atoms with E-state index in [4.69, 9.17) is 0 Å². The van der Waals surface area contributed by atoms with Crippen LogP contribution in [-0.4, -0.2) is 18.1 Å². The van der Waals surface area contributed by atoms with Crippen LogP contribution < -0.4 is 5.32 Å². The molecule has 1 unspecified atom stereocenters. The highest BCUT2D eigenvalue weighted by molar-refractivity contribution is 5.27. The van der Waals surface area contributed by atoms with Crippen molar-refractivity contribution in [3.8, 4) is 0 Å². The van der Waals surface area contributed by atoms with Crippen LogP contribution in [-0.2, 0) is 6.42 Å². The van der Waals surface area contributed by atoms with Gasteiger partial charge in [0.15, 0.2) is 0 Å². The van der Waals surface area contributed by atoms with Gasteiger partial charge in [0.2, 0.25) is 0 Å². The molecule has 0 spiro atoms. The standard InChI is InChI=1S/C19H26N2/c1-15(2)12-21-14-19(17-7-5-4-6-8-17)11-18-13-20-10-9-16(18)3/h4-10,13,15,19,21H,11-12,14H2,1-3H3. The number of aryl methyl sites for hydroxylation is 1. The van der Waals surface area contributed by atoms with Crippen LogP contribution in [0.25, 0.3) is 0 Å².